The van der Waals surface area contributed by atoms with Crippen molar-refractivity contribution in [1.29, 1.82) is 0 Å². The Morgan fingerprint density at radius 2 is 1.81 bits per heavy atom. The van der Waals surface area contributed by atoms with Crippen molar-refractivity contribution in [2.24, 2.45) is 0 Å². The van der Waals surface area contributed by atoms with Crippen molar-refractivity contribution in [3.8, 4) is 0 Å². The predicted molar refractivity (Wildman–Crippen MR) is 120 cm³/mol. The van der Waals surface area contributed by atoms with Crippen molar-refractivity contribution in [2.75, 3.05) is 34.4 Å². The van der Waals surface area contributed by atoms with Crippen LogP contribution in [0, 0.1) is 0 Å². The number of rotatable bonds is 7. The van der Waals surface area contributed by atoms with Gasteiger partial charge in [-0.1, -0.05) is 23.7 Å². The van der Waals surface area contributed by atoms with Crippen LogP contribution in [-0.2, 0) is 24.3 Å². The number of aliphatic hydroxyl groups excluding tert-OH is 1. The summed E-state index contributed by atoms with van der Waals surface area (Å²) in [7, 11) is 0.648. The molecule has 1 N–H and O–H groups in total. The molecule has 1 heterocycles. The number of hydrogen-bond acceptors (Lipinski definition) is 6. The molecular weight excluding hydrogens is 456 g/mol. The predicted octanol–water partition coefficient (Wildman–Crippen LogP) is 2.66. The van der Waals surface area contributed by atoms with E-state index in [1.54, 1.807) is 24.3 Å². The standard InChI is InChI=1S/C22H23ClN2O6S/c1-24(2)32(29,30)17-9-7-14(8-10-17)20(26)18-19(15-5-4-6-16(23)13-15)25(11-12-31-3)22(28)21(18)27/h4-10,13,19,26H,11-12H2,1-3H3/b20-18+/t19-/m1/s1. The van der Waals surface area contributed by atoms with Gasteiger partial charge >= 0.3 is 0 Å². The highest BCUT2D eigenvalue weighted by atomic mass is 35.5. The topological polar surface area (TPSA) is 104 Å². The number of carbonyl (C=O) groups excluding carboxylic acids is 2. The number of nitrogens with zero attached hydrogens (tertiary/aromatic N) is 2. The first kappa shape index (κ1) is 23.9. The highest BCUT2D eigenvalue weighted by Gasteiger charge is 2.45. The summed E-state index contributed by atoms with van der Waals surface area (Å²) in [5.74, 6) is -2.00. The highest BCUT2D eigenvalue weighted by Crippen LogP contribution is 2.39. The average Bonchev–Trinajstić information content (AvgIpc) is 3.02. The first-order valence-electron chi connectivity index (χ1n) is 9.65. The number of methoxy groups -OCH3 is 1. The minimum absolute atomic E-state index is 0.0333. The molecule has 0 aliphatic carbocycles. The molecule has 1 aliphatic rings. The maximum Gasteiger partial charge on any atom is 0.295 e. The van der Waals surface area contributed by atoms with Crippen LogP contribution in [0.15, 0.2) is 59.0 Å². The molecule has 1 saturated heterocycles. The third-order valence-electron chi connectivity index (χ3n) is 5.15. The largest absolute Gasteiger partial charge is 0.507 e. The highest BCUT2D eigenvalue weighted by molar-refractivity contribution is 7.89. The molecule has 0 bridgehead atoms. The Bertz CT molecular complexity index is 1180. The Hall–Kier alpha value is -2.72. The number of aliphatic hydroxyl groups is 1. The summed E-state index contributed by atoms with van der Waals surface area (Å²) < 4.78 is 30.7. The van der Waals surface area contributed by atoms with Crippen molar-refractivity contribution in [2.45, 2.75) is 10.9 Å². The van der Waals surface area contributed by atoms with Crippen LogP contribution < -0.4 is 0 Å². The molecule has 2 aromatic rings. The van der Waals surface area contributed by atoms with Crippen LogP contribution >= 0.6 is 11.6 Å². The quantitative estimate of drug-likeness (QED) is 0.372. The number of Topliss-reactive ketones (excluding diaryl/α,β-unsaturated/α-hetero) is 1. The van der Waals surface area contributed by atoms with Crippen LogP contribution in [0.3, 0.4) is 0 Å². The molecule has 1 amide bonds. The lowest BCUT2D eigenvalue weighted by Gasteiger charge is -2.25. The normalized spacial score (nSPS) is 18.5. The molecule has 8 nitrogen and oxygen atoms in total. The Balaban J connectivity index is 2.13. The third kappa shape index (κ3) is 4.42. The van der Waals surface area contributed by atoms with Crippen molar-refractivity contribution < 1.29 is 27.9 Å². The van der Waals surface area contributed by atoms with Gasteiger partial charge in [0.15, 0.2) is 0 Å². The van der Waals surface area contributed by atoms with Gasteiger partial charge in [-0.25, -0.2) is 12.7 Å². The van der Waals surface area contributed by atoms with Crippen LogP contribution in [0.1, 0.15) is 17.2 Å². The lowest BCUT2D eigenvalue weighted by Crippen LogP contribution is -2.32. The van der Waals surface area contributed by atoms with Gasteiger partial charge in [-0.2, -0.15) is 0 Å². The number of ether oxygens (including phenoxy) is 1. The Kier molecular flexibility index (Phi) is 7.04. The van der Waals surface area contributed by atoms with Gasteiger partial charge in [0.05, 0.1) is 23.1 Å². The smallest absolute Gasteiger partial charge is 0.295 e. The Labute approximate surface area is 191 Å². The maximum atomic E-state index is 12.9. The minimum atomic E-state index is -3.66. The summed E-state index contributed by atoms with van der Waals surface area (Å²) in [4.78, 5) is 27.0. The fraction of sp³-hybridized carbons (Fsp3) is 0.273. The first-order valence-corrected chi connectivity index (χ1v) is 11.5. The second kappa shape index (κ2) is 9.41. The lowest BCUT2D eigenvalue weighted by atomic mass is 9.95. The van der Waals surface area contributed by atoms with Gasteiger partial charge in [-0.3, -0.25) is 9.59 Å². The summed E-state index contributed by atoms with van der Waals surface area (Å²) in [6.07, 6.45) is 0. The van der Waals surface area contributed by atoms with E-state index in [-0.39, 0.29) is 29.2 Å². The number of likely N-dealkylation sites (tertiary alicyclic amines) is 1. The third-order valence-corrected chi connectivity index (χ3v) is 7.21. The van der Waals surface area contributed by atoms with Crippen LogP contribution in [0.4, 0.5) is 0 Å². The Morgan fingerprint density at radius 3 is 2.38 bits per heavy atom. The second-order valence-corrected chi connectivity index (χ2v) is 9.94. The monoisotopic (exact) mass is 478 g/mol. The van der Waals surface area contributed by atoms with E-state index in [4.69, 9.17) is 16.3 Å². The van der Waals surface area contributed by atoms with Gasteiger partial charge < -0.3 is 14.7 Å². The molecule has 1 fully saturated rings. The zero-order chi connectivity index (χ0) is 23.6. The lowest BCUT2D eigenvalue weighted by molar-refractivity contribution is -0.140. The average molecular weight is 479 g/mol. The molecule has 0 unspecified atom stereocenters. The number of halogens is 1. The number of benzene rings is 2. The van der Waals surface area contributed by atoms with E-state index in [9.17, 15) is 23.1 Å². The zero-order valence-electron chi connectivity index (χ0n) is 17.8. The minimum Gasteiger partial charge on any atom is -0.507 e. The summed E-state index contributed by atoms with van der Waals surface area (Å²) >= 11 is 6.13. The molecule has 10 heteroatoms. The summed E-state index contributed by atoms with van der Waals surface area (Å²) in [5, 5.41) is 11.4. The molecule has 32 heavy (non-hydrogen) atoms. The van der Waals surface area contributed by atoms with Gasteiger partial charge in [0, 0.05) is 38.3 Å². The molecule has 1 atom stereocenters. The van der Waals surface area contributed by atoms with Crippen molar-refractivity contribution >= 4 is 39.1 Å². The molecule has 0 saturated carbocycles. The van der Waals surface area contributed by atoms with Gasteiger partial charge in [0.25, 0.3) is 11.7 Å². The van der Waals surface area contributed by atoms with E-state index in [0.717, 1.165) is 4.31 Å². The van der Waals surface area contributed by atoms with E-state index < -0.39 is 33.5 Å². The van der Waals surface area contributed by atoms with E-state index >= 15 is 0 Å². The van der Waals surface area contributed by atoms with Gasteiger partial charge in [0.2, 0.25) is 10.0 Å². The summed E-state index contributed by atoms with van der Waals surface area (Å²) in [6, 6.07) is 11.3. The van der Waals surface area contributed by atoms with Gasteiger partial charge in [-0.15, -0.1) is 0 Å². The van der Waals surface area contributed by atoms with Crippen LogP contribution in [0.2, 0.25) is 5.02 Å². The van der Waals surface area contributed by atoms with Gasteiger partial charge in [0.1, 0.15) is 5.76 Å². The molecular formula is C22H23ClN2O6S. The fourth-order valence-corrected chi connectivity index (χ4v) is 4.57. The molecule has 0 aromatic heterocycles. The summed E-state index contributed by atoms with van der Waals surface area (Å²) in [6.45, 7) is 0.330. The van der Waals surface area contributed by atoms with E-state index in [2.05, 4.69) is 0 Å². The first-order chi connectivity index (χ1) is 15.1. The fourth-order valence-electron chi connectivity index (χ4n) is 3.47. The SMILES string of the molecule is COCCN1C(=O)C(=O)/C(=C(/O)c2ccc(S(=O)(=O)N(C)C)cc2)[C@H]1c1cccc(Cl)c1. The van der Waals surface area contributed by atoms with Crippen LogP contribution in [-0.4, -0.2) is 68.8 Å². The van der Waals surface area contributed by atoms with E-state index in [1.807, 2.05) is 0 Å². The molecule has 1 aliphatic heterocycles. The zero-order valence-corrected chi connectivity index (χ0v) is 19.4. The van der Waals surface area contributed by atoms with Crippen molar-refractivity contribution in [3.63, 3.8) is 0 Å². The molecule has 3 rings (SSSR count). The maximum absolute atomic E-state index is 12.9. The number of amides is 1. The number of hydrogen-bond donors (Lipinski definition) is 1. The number of ketones is 1. The molecule has 170 valence electrons. The van der Waals surface area contributed by atoms with Crippen molar-refractivity contribution in [1.82, 2.24) is 9.21 Å². The molecule has 0 spiro atoms. The van der Waals surface area contributed by atoms with E-state index in [1.165, 1.54) is 50.4 Å². The number of sulfonamides is 1. The molecule has 0 radical (unpaired) electrons. The van der Waals surface area contributed by atoms with Crippen LogP contribution in [0.25, 0.3) is 5.76 Å². The molecule has 2 aromatic carbocycles. The number of carbonyl (C=O) groups is 2. The van der Waals surface area contributed by atoms with Gasteiger partial charge in [-0.05, 0) is 42.0 Å². The summed E-state index contributed by atoms with van der Waals surface area (Å²) in [5.41, 5.74) is 0.664. The van der Waals surface area contributed by atoms with Crippen molar-refractivity contribution in [3.05, 3.63) is 70.3 Å². The second-order valence-electron chi connectivity index (χ2n) is 7.35. The van der Waals surface area contributed by atoms with E-state index in [0.29, 0.717) is 10.6 Å². The Morgan fingerprint density at radius 1 is 1.16 bits per heavy atom. The van der Waals surface area contributed by atoms with Crippen LogP contribution in [0.5, 0.6) is 0 Å².